The molecule has 0 aliphatic rings. The maximum absolute atomic E-state index is 11.0. The van der Waals surface area contributed by atoms with Gasteiger partial charge in [0.1, 0.15) is 0 Å². The molecule has 1 aromatic rings. The van der Waals surface area contributed by atoms with Crippen LogP contribution in [0.1, 0.15) is 75.8 Å². The second-order valence-electron chi connectivity index (χ2n) is 7.19. The fourth-order valence-corrected chi connectivity index (χ4v) is 3.50. The van der Waals surface area contributed by atoms with Crippen molar-refractivity contribution in [3.8, 4) is 0 Å². The lowest BCUT2D eigenvalue weighted by molar-refractivity contribution is 0.523. The van der Waals surface area contributed by atoms with Crippen LogP contribution in [0.2, 0.25) is 0 Å². The Bertz CT molecular complexity index is 969. The third kappa shape index (κ3) is 10.8. The van der Waals surface area contributed by atoms with E-state index in [2.05, 4.69) is 25.0 Å². The first-order chi connectivity index (χ1) is 16.2. The van der Waals surface area contributed by atoms with Crippen molar-refractivity contribution in [3.63, 3.8) is 0 Å². The Morgan fingerprint density at radius 3 is 1.61 bits per heavy atom. The zero-order valence-corrected chi connectivity index (χ0v) is 18.3. The molecular weight excluding hydrogens is 426 g/mol. The normalized spacial score (nSPS) is 10.4. The lowest BCUT2D eigenvalue weighted by atomic mass is 9.96. The minimum Gasteiger partial charge on any atom is -0.211 e. The van der Waals surface area contributed by atoms with Crippen molar-refractivity contribution in [2.24, 2.45) is 25.0 Å². The molecule has 0 heterocycles. The molecule has 0 spiro atoms. The molecule has 0 N–H and O–H groups in total. The fourth-order valence-electron chi connectivity index (χ4n) is 3.50. The van der Waals surface area contributed by atoms with Gasteiger partial charge in [0.25, 0.3) is 0 Å². The van der Waals surface area contributed by atoms with E-state index in [4.69, 9.17) is 0 Å². The van der Waals surface area contributed by atoms with Gasteiger partial charge in [-0.1, -0.05) is 51.4 Å². The number of aliphatic imine (C=N–C) groups is 5. The topological polar surface area (TPSA) is 147 Å². The number of nitrogens with zero attached hydrogens (tertiary/aromatic N) is 5. The van der Waals surface area contributed by atoms with E-state index in [1.165, 1.54) is 42.5 Å². The number of hydrogen-bond donors (Lipinski definition) is 0. The zero-order chi connectivity index (χ0) is 24.2. The van der Waals surface area contributed by atoms with Crippen molar-refractivity contribution >= 4 is 47.5 Å². The van der Waals surface area contributed by atoms with Gasteiger partial charge in [-0.3, -0.25) is 0 Å². The summed E-state index contributed by atoms with van der Waals surface area (Å²) in [6, 6.07) is 1.92. The molecule has 10 nitrogen and oxygen atoms in total. The Morgan fingerprint density at radius 1 is 0.606 bits per heavy atom. The summed E-state index contributed by atoms with van der Waals surface area (Å²) in [6.07, 6.45) is 16.7. The van der Waals surface area contributed by atoms with Crippen LogP contribution in [0, 0.1) is 0 Å². The molecule has 10 heteroatoms. The molecule has 0 radical (unpaired) electrons. The van der Waals surface area contributed by atoms with Crippen LogP contribution in [-0.4, -0.2) is 36.9 Å². The summed E-state index contributed by atoms with van der Waals surface area (Å²) in [5.74, 6) is 0. The van der Waals surface area contributed by atoms with E-state index in [9.17, 15) is 24.0 Å². The molecule has 1 unspecified atom stereocenters. The van der Waals surface area contributed by atoms with Crippen molar-refractivity contribution in [1.82, 2.24) is 0 Å². The third-order valence-corrected chi connectivity index (χ3v) is 4.98. The molecule has 0 fully saturated rings. The summed E-state index contributed by atoms with van der Waals surface area (Å²) >= 11 is 0. The number of benzene rings is 1. The summed E-state index contributed by atoms with van der Waals surface area (Å²) in [7, 11) is 0. The smallest absolute Gasteiger partial charge is 0.211 e. The zero-order valence-electron chi connectivity index (χ0n) is 18.3. The standard InChI is InChI=1S/C23H25N5O5/c29-14-24-11-9-7-5-3-1-2-4-6-8-10-20(26-16-31)23-21(27-17-32)12-19(25-15-30)13-22(23)28-18-33/h12-13,20H,1-11H2. The maximum atomic E-state index is 11.0. The number of rotatable bonds is 17. The lowest BCUT2D eigenvalue weighted by Crippen LogP contribution is -1.98. The van der Waals surface area contributed by atoms with E-state index >= 15 is 0 Å². The third-order valence-electron chi connectivity index (χ3n) is 4.98. The Hall–Kier alpha value is -3.88. The van der Waals surface area contributed by atoms with Crippen molar-refractivity contribution in [2.75, 3.05) is 6.54 Å². The molecule has 0 aromatic heterocycles. The largest absolute Gasteiger partial charge is 0.240 e. The SMILES string of the molecule is O=C=NCCCCCCCCCCCC(N=C=O)c1c(N=C=O)cc(N=C=O)cc1N=C=O. The molecule has 1 aromatic carbocycles. The van der Waals surface area contributed by atoms with Crippen molar-refractivity contribution in [2.45, 2.75) is 70.3 Å². The predicted octanol–water partition coefficient (Wildman–Crippen LogP) is 5.20. The van der Waals surface area contributed by atoms with Gasteiger partial charge in [0.15, 0.2) is 0 Å². The van der Waals surface area contributed by atoms with Gasteiger partial charge in [-0.05, 0) is 25.0 Å². The molecule has 0 aliphatic heterocycles. The number of carbonyl (C=O) groups excluding carboxylic acids is 5. The van der Waals surface area contributed by atoms with Crippen LogP contribution in [0.5, 0.6) is 0 Å². The molecule has 172 valence electrons. The van der Waals surface area contributed by atoms with Gasteiger partial charge in [0.2, 0.25) is 30.4 Å². The summed E-state index contributed by atoms with van der Waals surface area (Å²) in [5.41, 5.74) is 0.465. The number of isocyanates is 5. The van der Waals surface area contributed by atoms with Gasteiger partial charge >= 0.3 is 0 Å². The summed E-state index contributed by atoms with van der Waals surface area (Å²) in [6.45, 7) is 0.542. The van der Waals surface area contributed by atoms with Gasteiger partial charge in [-0.2, -0.15) is 20.0 Å². The summed E-state index contributed by atoms with van der Waals surface area (Å²) < 4.78 is 0. The highest BCUT2D eigenvalue weighted by atomic mass is 16.1. The van der Waals surface area contributed by atoms with Crippen LogP contribution < -0.4 is 0 Å². The molecule has 0 saturated carbocycles. The highest BCUT2D eigenvalue weighted by molar-refractivity contribution is 5.73. The van der Waals surface area contributed by atoms with E-state index in [1.54, 1.807) is 0 Å². The van der Waals surface area contributed by atoms with Crippen LogP contribution in [0.15, 0.2) is 37.1 Å². The average Bonchev–Trinajstić information content (AvgIpc) is 2.80. The maximum Gasteiger partial charge on any atom is 0.240 e. The second-order valence-corrected chi connectivity index (χ2v) is 7.19. The van der Waals surface area contributed by atoms with Gasteiger partial charge < -0.3 is 0 Å². The first-order valence-electron chi connectivity index (χ1n) is 10.7. The monoisotopic (exact) mass is 451 g/mol. The van der Waals surface area contributed by atoms with Crippen LogP contribution in [-0.2, 0) is 24.0 Å². The molecule has 33 heavy (non-hydrogen) atoms. The number of hydrogen-bond acceptors (Lipinski definition) is 10. The summed E-state index contributed by atoms with van der Waals surface area (Å²) in [4.78, 5) is 71.4. The molecule has 0 amide bonds. The van der Waals surface area contributed by atoms with Crippen molar-refractivity contribution < 1.29 is 24.0 Å². The van der Waals surface area contributed by atoms with E-state index in [1.807, 2.05) is 0 Å². The van der Waals surface area contributed by atoms with E-state index < -0.39 is 6.04 Å². The first kappa shape index (κ1) is 27.2. The second kappa shape index (κ2) is 17.8. The van der Waals surface area contributed by atoms with Gasteiger partial charge in [-0.25, -0.2) is 29.0 Å². The minimum absolute atomic E-state index is 0.0540. The van der Waals surface area contributed by atoms with E-state index in [0.29, 0.717) is 13.0 Å². The summed E-state index contributed by atoms with van der Waals surface area (Å²) in [5, 5.41) is 0. The van der Waals surface area contributed by atoms with Crippen LogP contribution in [0.3, 0.4) is 0 Å². The van der Waals surface area contributed by atoms with Crippen LogP contribution in [0.4, 0.5) is 17.1 Å². The van der Waals surface area contributed by atoms with Crippen molar-refractivity contribution in [1.29, 1.82) is 0 Å². The molecule has 0 saturated heterocycles. The molecular formula is C23H25N5O5. The highest BCUT2D eigenvalue weighted by Gasteiger charge is 2.21. The van der Waals surface area contributed by atoms with Crippen LogP contribution >= 0.6 is 0 Å². The average molecular weight is 451 g/mol. The van der Waals surface area contributed by atoms with Gasteiger partial charge in [-0.15, -0.1) is 0 Å². The predicted molar refractivity (Wildman–Crippen MR) is 120 cm³/mol. The quantitative estimate of drug-likeness (QED) is 0.181. The van der Waals surface area contributed by atoms with Gasteiger partial charge in [0.05, 0.1) is 29.6 Å². The lowest BCUT2D eigenvalue weighted by Gasteiger charge is -2.15. The van der Waals surface area contributed by atoms with Crippen LogP contribution in [0.25, 0.3) is 0 Å². The Labute approximate surface area is 191 Å². The van der Waals surface area contributed by atoms with E-state index in [-0.39, 0.29) is 22.6 Å². The molecule has 1 rings (SSSR count). The number of unbranched alkanes of at least 4 members (excludes halogenated alkanes) is 8. The molecule has 1 atom stereocenters. The highest BCUT2D eigenvalue weighted by Crippen LogP contribution is 2.41. The molecule has 0 aliphatic carbocycles. The van der Waals surface area contributed by atoms with Crippen molar-refractivity contribution in [3.05, 3.63) is 17.7 Å². The van der Waals surface area contributed by atoms with Gasteiger partial charge in [0, 0.05) is 5.56 Å². The minimum atomic E-state index is -0.731. The Kier molecular flexibility index (Phi) is 14.6. The first-order valence-corrected chi connectivity index (χ1v) is 10.7. The van der Waals surface area contributed by atoms with E-state index in [0.717, 1.165) is 57.8 Å². The Morgan fingerprint density at radius 2 is 1.12 bits per heavy atom. The Balaban J connectivity index is 2.71. The fraction of sp³-hybridized carbons (Fsp3) is 0.522. The molecule has 0 bridgehead atoms.